The lowest BCUT2D eigenvalue weighted by atomic mass is 10.2. The highest BCUT2D eigenvalue weighted by Gasteiger charge is 2.19. The minimum absolute atomic E-state index is 0.145. The van der Waals surface area contributed by atoms with Crippen molar-refractivity contribution < 1.29 is 14.4 Å². The molecule has 1 N–H and O–H groups in total. The minimum Gasteiger partial charge on any atom is -0.501 e. The van der Waals surface area contributed by atoms with Crippen LogP contribution in [0.3, 0.4) is 0 Å². The lowest BCUT2D eigenvalue weighted by Crippen LogP contribution is -2.20. The molecule has 2 aromatic heterocycles. The van der Waals surface area contributed by atoms with Crippen molar-refractivity contribution in [3.63, 3.8) is 0 Å². The maximum atomic E-state index is 13.3. The molecule has 0 spiro atoms. The maximum absolute atomic E-state index is 13.3. The third kappa shape index (κ3) is 3.82. The van der Waals surface area contributed by atoms with Crippen molar-refractivity contribution in [1.29, 1.82) is 0 Å². The first-order chi connectivity index (χ1) is 16.3. The molecular formula is C23H12BrClN4O5. The Balaban J connectivity index is 1.72. The minimum atomic E-state index is -0.764. The summed E-state index contributed by atoms with van der Waals surface area (Å²) in [7, 11) is 0. The molecule has 11 heteroatoms. The van der Waals surface area contributed by atoms with E-state index >= 15 is 0 Å². The number of nitro benzene ring substituents is 1. The van der Waals surface area contributed by atoms with E-state index in [0.29, 0.717) is 22.2 Å². The first-order valence-corrected chi connectivity index (χ1v) is 10.9. The zero-order valence-electron chi connectivity index (χ0n) is 17.0. The van der Waals surface area contributed by atoms with Crippen LogP contribution in [-0.4, -0.2) is 25.9 Å². The largest absolute Gasteiger partial charge is 0.501 e. The molecule has 0 fully saturated rings. The second kappa shape index (κ2) is 8.40. The number of rotatable bonds is 4. The van der Waals surface area contributed by atoms with E-state index in [1.54, 1.807) is 36.4 Å². The molecule has 3 aromatic carbocycles. The van der Waals surface area contributed by atoms with E-state index in [-0.39, 0.29) is 16.4 Å². The Labute approximate surface area is 203 Å². The summed E-state index contributed by atoms with van der Waals surface area (Å²) in [6, 6.07) is 16.4. The second-order valence-electron chi connectivity index (χ2n) is 7.23. The van der Waals surface area contributed by atoms with Crippen LogP contribution in [0.2, 0.25) is 5.02 Å². The third-order valence-corrected chi connectivity index (χ3v) is 5.82. The highest BCUT2D eigenvalue weighted by atomic mass is 79.9. The summed E-state index contributed by atoms with van der Waals surface area (Å²) in [6.07, 6.45) is 1.22. The molecule has 0 aliphatic rings. The average Bonchev–Trinajstić information content (AvgIpc) is 3.23. The summed E-state index contributed by atoms with van der Waals surface area (Å²) in [5, 5.41) is 26.2. The molecule has 0 atom stereocenters. The van der Waals surface area contributed by atoms with Gasteiger partial charge in [0, 0.05) is 21.5 Å². The fraction of sp³-hybridized carbons (Fsp3) is 0. The molecule has 0 radical (unpaired) electrons. The van der Waals surface area contributed by atoms with Gasteiger partial charge in [0.05, 0.1) is 27.1 Å². The van der Waals surface area contributed by atoms with E-state index in [1.165, 1.54) is 12.3 Å². The SMILES string of the molecule is O=c1c2ccccc2nc(-c2cc3cc(Br)ccc3o2)n1N=Cc1cc(Cl)c(O)c([N+](=O)[O-])c1. The molecule has 5 aromatic rings. The number of benzene rings is 3. The van der Waals surface area contributed by atoms with Crippen molar-refractivity contribution in [2.45, 2.75) is 0 Å². The molecule has 2 heterocycles. The van der Waals surface area contributed by atoms with E-state index in [0.717, 1.165) is 20.6 Å². The standard InChI is InChI=1S/C23H12BrClN4O5/c24-14-5-6-19-13(9-14)10-20(34-19)22-27-17-4-2-1-3-15(17)23(31)28(22)26-11-12-7-16(25)21(30)18(8-12)29(32)33/h1-11,30H. The zero-order chi connectivity index (χ0) is 24.0. The van der Waals surface area contributed by atoms with Gasteiger partial charge in [0.15, 0.2) is 5.76 Å². The van der Waals surface area contributed by atoms with Gasteiger partial charge in [-0.05, 0) is 42.5 Å². The maximum Gasteiger partial charge on any atom is 0.312 e. The van der Waals surface area contributed by atoms with Gasteiger partial charge in [-0.2, -0.15) is 9.78 Å². The van der Waals surface area contributed by atoms with E-state index in [1.807, 2.05) is 12.1 Å². The molecule has 0 aliphatic carbocycles. The zero-order valence-corrected chi connectivity index (χ0v) is 19.3. The molecule has 0 unspecified atom stereocenters. The number of aromatic nitrogens is 2. The summed E-state index contributed by atoms with van der Waals surface area (Å²) < 4.78 is 7.85. The van der Waals surface area contributed by atoms with Crippen LogP contribution in [0.4, 0.5) is 5.69 Å². The fourth-order valence-electron chi connectivity index (χ4n) is 3.46. The summed E-state index contributed by atoms with van der Waals surface area (Å²) >= 11 is 9.35. The van der Waals surface area contributed by atoms with Crippen molar-refractivity contribution in [2.75, 3.05) is 0 Å². The highest BCUT2D eigenvalue weighted by molar-refractivity contribution is 9.10. The molecule has 0 bridgehead atoms. The van der Waals surface area contributed by atoms with Crippen LogP contribution in [0.5, 0.6) is 5.75 Å². The predicted octanol–water partition coefficient (Wildman–Crippen LogP) is 5.72. The Morgan fingerprint density at radius 2 is 1.97 bits per heavy atom. The Hall–Kier alpha value is -4.02. The number of hydrogen-bond donors (Lipinski definition) is 1. The number of furan rings is 1. The van der Waals surface area contributed by atoms with Crippen molar-refractivity contribution in [2.24, 2.45) is 5.10 Å². The topological polar surface area (TPSA) is 124 Å². The number of nitrogens with zero attached hydrogens (tertiary/aromatic N) is 4. The van der Waals surface area contributed by atoms with Crippen LogP contribution < -0.4 is 5.56 Å². The van der Waals surface area contributed by atoms with E-state index < -0.39 is 21.9 Å². The van der Waals surface area contributed by atoms with Gasteiger partial charge in [-0.15, -0.1) is 0 Å². The van der Waals surface area contributed by atoms with Crippen LogP contribution in [0, 0.1) is 10.1 Å². The molecule has 5 rings (SSSR count). The summed E-state index contributed by atoms with van der Waals surface area (Å²) in [5.41, 5.74) is 0.212. The van der Waals surface area contributed by atoms with E-state index in [4.69, 9.17) is 16.0 Å². The number of fused-ring (bicyclic) bond motifs is 2. The van der Waals surface area contributed by atoms with Gasteiger partial charge >= 0.3 is 5.69 Å². The molecule has 0 amide bonds. The Morgan fingerprint density at radius 3 is 2.76 bits per heavy atom. The predicted molar refractivity (Wildman–Crippen MR) is 132 cm³/mol. The second-order valence-corrected chi connectivity index (χ2v) is 8.56. The number of hydrogen-bond acceptors (Lipinski definition) is 7. The number of phenols is 1. The quantitative estimate of drug-likeness (QED) is 0.177. The van der Waals surface area contributed by atoms with Crippen LogP contribution in [0.1, 0.15) is 5.56 Å². The van der Waals surface area contributed by atoms with E-state index in [2.05, 4.69) is 26.0 Å². The Morgan fingerprint density at radius 1 is 1.18 bits per heavy atom. The fourth-order valence-corrected chi connectivity index (χ4v) is 4.06. The number of halogens is 2. The number of para-hydroxylation sites is 1. The van der Waals surface area contributed by atoms with Crippen LogP contribution in [-0.2, 0) is 0 Å². The molecule has 34 heavy (non-hydrogen) atoms. The number of phenolic OH excluding ortho intramolecular Hbond substituents is 1. The van der Waals surface area contributed by atoms with E-state index in [9.17, 15) is 20.0 Å². The van der Waals surface area contributed by atoms with Gasteiger partial charge in [0.1, 0.15) is 5.58 Å². The van der Waals surface area contributed by atoms with Crippen LogP contribution in [0.25, 0.3) is 33.5 Å². The lowest BCUT2D eigenvalue weighted by Gasteiger charge is -2.07. The van der Waals surface area contributed by atoms with Gasteiger partial charge in [0.2, 0.25) is 11.6 Å². The number of aromatic hydroxyl groups is 1. The van der Waals surface area contributed by atoms with Gasteiger partial charge in [-0.25, -0.2) is 4.98 Å². The molecule has 9 nitrogen and oxygen atoms in total. The van der Waals surface area contributed by atoms with Gasteiger partial charge in [-0.3, -0.25) is 14.9 Å². The molecule has 0 aliphatic heterocycles. The molecule has 0 saturated carbocycles. The Kier molecular flexibility index (Phi) is 5.39. The summed E-state index contributed by atoms with van der Waals surface area (Å²) in [4.78, 5) is 28.3. The van der Waals surface area contributed by atoms with Gasteiger partial charge in [0.25, 0.3) is 5.56 Å². The van der Waals surface area contributed by atoms with Crippen LogP contribution in [0.15, 0.2) is 79.4 Å². The first kappa shape index (κ1) is 21.8. The Bertz CT molecular complexity index is 1710. The normalized spacial score (nSPS) is 11.6. The van der Waals surface area contributed by atoms with Crippen molar-refractivity contribution in [3.8, 4) is 17.3 Å². The molecule has 0 saturated heterocycles. The first-order valence-electron chi connectivity index (χ1n) is 9.74. The molecular weight excluding hydrogens is 528 g/mol. The highest BCUT2D eigenvalue weighted by Crippen LogP contribution is 2.34. The van der Waals surface area contributed by atoms with Gasteiger partial charge < -0.3 is 9.52 Å². The van der Waals surface area contributed by atoms with Crippen molar-refractivity contribution in [1.82, 2.24) is 9.66 Å². The van der Waals surface area contributed by atoms with Crippen molar-refractivity contribution in [3.05, 3.63) is 96.2 Å². The smallest absolute Gasteiger partial charge is 0.312 e. The average molecular weight is 540 g/mol. The lowest BCUT2D eigenvalue weighted by molar-refractivity contribution is -0.385. The molecule has 168 valence electrons. The number of nitro groups is 1. The monoisotopic (exact) mass is 538 g/mol. The van der Waals surface area contributed by atoms with Crippen molar-refractivity contribution >= 4 is 61.3 Å². The third-order valence-electron chi connectivity index (χ3n) is 5.04. The van der Waals surface area contributed by atoms with Gasteiger partial charge in [-0.1, -0.05) is 39.7 Å². The van der Waals surface area contributed by atoms with Crippen LogP contribution >= 0.6 is 27.5 Å². The summed E-state index contributed by atoms with van der Waals surface area (Å²) in [6.45, 7) is 0. The summed E-state index contributed by atoms with van der Waals surface area (Å²) in [5.74, 6) is -0.197.